The lowest BCUT2D eigenvalue weighted by Gasteiger charge is -2.19. The van der Waals surface area contributed by atoms with Crippen molar-refractivity contribution in [3.05, 3.63) is 48.0 Å². The highest BCUT2D eigenvalue weighted by Crippen LogP contribution is 2.56. The van der Waals surface area contributed by atoms with Gasteiger partial charge in [-0.3, -0.25) is 14.5 Å². The third-order valence-corrected chi connectivity index (χ3v) is 7.93. The zero-order valence-corrected chi connectivity index (χ0v) is 16.4. The molecule has 2 bridgehead atoms. The molecule has 28 heavy (non-hydrogen) atoms. The first kappa shape index (κ1) is 16.4. The van der Waals surface area contributed by atoms with Gasteiger partial charge in [0.05, 0.1) is 27.7 Å². The molecular weight excluding hydrogens is 368 g/mol. The Labute approximate surface area is 167 Å². The number of imide groups is 1. The lowest BCUT2D eigenvalue weighted by Crippen LogP contribution is -2.32. The van der Waals surface area contributed by atoms with Gasteiger partial charge in [0, 0.05) is 5.56 Å². The van der Waals surface area contributed by atoms with Crippen LogP contribution < -0.4 is 4.90 Å². The van der Waals surface area contributed by atoms with Gasteiger partial charge in [-0.1, -0.05) is 6.07 Å². The summed E-state index contributed by atoms with van der Waals surface area (Å²) in [6.07, 6.45) is 3.28. The number of nitrogens with zero attached hydrogens (tertiary/aromatic N) is 2. The lowest BCUT2D eigenvalue weighted by molar-refractivity contribution is -0.123. The van der Waals surface area contributed by atoms with Crippen molar-refractivity contribution < 1.29 is 9.59 Å². The molecule has 6 rings (SSSR count). The van der Waals surface area contributed by atoms with Gasteiger partial charge in [0.2, 0.25) is 11.8 Å². The van der Waals surface area contributed by atoms with E-state index in [1.54, 1.807) is 11.3 Å². The molecule has 0 radical (unpaired) electrons. The molecule has 1 aliphatic heterocycles. The van der Waals surface area contributed by atoms with Crippen molar-refractivity contribution in [3.8, 4) is 10.6 Å². The van der Waals surface area contributed by atoms with Crippen molar-refractivity contribution in [2.45, 2.75) is 26.2 Å². The Hall–Kier alpha value is -2.53. The summed E-state index contributed by atoms with van der Waals surface area (Å²) in [5, 5.41) is 0.959. The van der Waals surface area contributed by atoms with E-state index in [9.17, 15) is 9.59 Å². The number of thiazole rings is 1. The van der Waals surface area contributed by atoms with Gasteiger partial charge in [0.1, 0.15) is 5.01 Å². The van der Waals surface area contributed by atoms with E-state index < -0.39 is 0 Å². The molecule has 2 aliphatic carbocycles. The molecule has 4 nitrogen and oxygen atoms in total. The Morgan fingerprint density at radius 3 is 2.32 bits per heavy atom. The predicted molar refractivity (Wildman–Crippen MR) is 110 cm³/mol. The average molecular weight is 388 g/mol. The number of benzene rings is 2. The minimum absolute atomic E-state index is 0.0189. The summed E-state index contributed by atoms with van der Waals surface area (Å²) < 4.78 is 1.16. The van der Waals surface area contributed by atoms with Crippen LogP contribution in [0.25, 0.3) is 20.8 Å². The zero-order chi connectivity index (χ0) is 19.0. The van der Waals surface area contributed by atoms with Gasteiger partial charge in [-0.25, -0.2) is 4.98 Å². The zero-order valence-electron chi connectivity index (χ0n) is 15.6. The Bertz CT molecular complexity index is 1110. The molecule has 2 saturated carbocycles. The quantitative estimate of drug-likeness (QED) is 0.592. The molecule has 3 fully saturated rings. The number of aromatic nitrogens is 1. The van der Waals surface area contributed by atoms with E-state index in [1.165, 1.54) is 10.5 Å². The minimum Gasteiger partial charge on any atom is -0.274 e. The third-order valence-electron chi connectivity index (χ3n) is 6.84. The fraction of sp³-hybridized carbons (Fsp3) is 0.348. The highest BCUT2D eigenvalue weighted by atomic mass is 32.1. The average Bonchev–Trinajstić information content (AvgIpc) is 3.45. The predicted octanol–water partition coefficient (Wildman–Crippen LogP) is 4.81. The molecule has 0 spiro atoms. The van der Waals surface area contributed by atoms with Crippen LogP contribution in [0, 0.1) is 30.6 Å². The van der Waals surface area contributed by atoms with Crippen LogP contribution in [0.3, 0.4) is 0 Å². The number of carbonyl (C=O) groups excluding carboxylic acids is 2. The second-order valence-corrected chi connectivity index (χ2v) is 9.46. The maximum absolute atomic E-state index is 13.0. The van der Waals surface area contributed by atoms with Crippen LogP contribution in [-0.4, -0.2) is 16.8 Å². The molecule has 1 saturated heterocycles. The first-order valence-electron chi connectivity index (χ1n) is 9.95. The maximum Gasteiger partial charge on any atom is 0.237 e. The second-order valence-electron chi connectivity index (χ2n) is 8.43. The summed E-state index contributed by atoms with van der Waals surface area (Å²) in [5.74, 6) is 0.733. The van der Waals surface area contributed by atoms with Crippen LogP contribution in [0.5, 0.6) is 0 Å². The number of amides is 2. The normalized spacial score (nSPS) is 28.5. The standard InChI is InChI=1S/C23H20N2O2S/c1-12-2-9-18-17(10-12)24-21(28-18)13-5-7-16(8-6-13)25-22(26)19-14-3-4-15(11-14)20(19)23(25)27/h2,5-10,14-15,19-20H,3-4,11H2,1H3/t14-,15-,19+,20+/m0/s1. The maximum atomic E-state index is 13.0. The van der Waals surface area contributed by atoms with E-state index in [0.29, 0.717) is 17.5 Å². The van der Waals surface area contributed by atoms with E-state index in [2.05, 4.69) is 25.1 Å². The molecule has 140 valence electrons. The largest absolute Gasteiger partial charge is 0.274 e. The molecule has 4 atom stereocenters. The molecule has 1 aromatic heterocycles. The molecule has 0 unspecified atom stereocenters. The first-order valence-corrected chi connectivity index (χ1v) is 10.8. The summed E-state index contributed by atoms with van der Waals surface area (Å²) in [4.78, 5) is 32.2. The topological polar surface area (TPSA) is 50.3 Å². The summed E-state index contributed by atoms with van der Waals surface area (Å²) in [6.45, 7) is 2.07. The van der Waals surface area contributed by atoms with Gasteiger partial charge in [0.15, 0.2) is 0 Å². The summed E-state index contributed by atoms with van der Waals surface area (Å²) in [5.41, 5.74) is 3.93. The van der Waals surface area contributed by atoms with Gasteiger partial charge in [0.25, 0.3) is 0 Å². The monoisotopic (exact) mass is 388 g/mol. The van der Waals surface area contributed by atoms with Crippen LogP contribution in [0.2, 0.25) is 0 Å². The number of hydrogen-bond acceptors (Lipinski definition) is 4. The second kappa shape index (κ2) is 5.74. The van der Waals surface area contributed by atoms with Crippen molar-refractivity contribution in [2.75, 3.05) is 4.90 Å². The Balaban J connectivity index is 1.32. The molecule has 0 N–H and O–H groups in total. The summed E-state index contributed by atoms with van der Waals surface area (Å²) in [7, 11) is 0. The summed E-state index contributed by atoms with van der Waals surface area (Å²) in [6, 6.07) is 14.0. The third kappa shape index (κ3) is 2.20. The molecule has 2 amide bonds. The van der Waals surface area contributed by atoms with Crippen LogP contribution in [0.1, 0.15) is 24.8 Å². The summed E-state index contributed by atoms with van der Waals surface area (Å²) >= 11 is 1.66. The Kier molecular flexibility index (Phi) is 3.37. The van der Waals surface area contributed by atoms with Crippen molar-refractivity contribution in [2.24, 2.45) is 23.7 Å². The number of rotatable bonds is 2. The van der Waals surface area contributed by atoms with E-state index in [-0.39, 0.29) is 23.7 Å². The van der Waals surface area contributed by atoms with E-state index in [0.717, 1.165) is 40.1 Å². The molecule has 3 aliphatic rings. The molecule has 5 heteroatoms. The van der Waals surface area contributed by atoms with Crippen molar-refractivity contribution in [3.63, 3.8) is 0 Å². The number of anilines is 1. The van der Waals surface area contributed by atoms with Crippen LogP contribution in [0.15, 0.2) is 42.5 Å². The van der Waals surface area contributed by atoms with Crippen molar-refractivity contribution >= 4 is 39.1 Å². The molecule has 2 heterocycles. The van der Waals surface area contributed by atoms with Crippen LogP contribution >= 0.6 is 11.3 Å². The Morgan fingerprint density at radius 2 is 1.64 bits per heavy atom. The van der Waals surface area contributed by atoms with Gasteiger partial charge < -0.3 is 0 Å². The van der Waals surface area contributed by atoms with Crippen molar-refractivity contribution in [1.29, 1.82) is 0 Å². The highest BCUT2D eigenvalue weighted by molar-refractivity contribution is 7.21. The number of hydrogen-bond donors (Lipinski definition) is 0. The molecule has 2 aromatic carbocycles. The van der Waals surface area contributed by atoms with E-state index in [1.807, 2.05) is 24.3 Å². The number of carbonyl (C=O) groups is 2. The SMILES string of the molecule is Cc1ccc2sc(-c3ccc(N4C(=O)[C@@H]5[C@H]6CC[C@@H](C6)[C@H]5C4=O)cc3)nc2c1. The fourth-order valence-electron chi connectivity index (χ4n) is 5.58. The minimum atomic E-state index is -0.0709. The van der Waals surface area contributed by atoms with Crippen LogP contribution in [0.4, 0.5) is 5.69 Å². The van der Waals surface area contributed by atoms with Crippen molar-refractivity contribution in [1.82, 2.24) is 4.98 Å². The Morgan fingerprint density at radius 1 is 0.964 bits per heavy atom. The number of fused-ring (bicyclic) bond motifs is 6. The van der Waals surface area contributed by atoms with Gasteiger partial charge >= 0.3 is 0 Å². The molecular formula is C23H20N2O2S. The first-order chi connectivity index (χ1) is 13.6. The van der Waals surface area contributed by atoms with Gasteiger partial charge in [-0.15, -0.1) is 11.3 Å². The smallest absolute Gasteiger partial charge is 0.237 e. The van der Waals surface area contributed by atoms with Gasteiger partial charge in [-0.2, -0.15) is 0 Å². The lowest BCUT2D eigenvalue weighted by atomic mass is 9.81. The van der Waals surface area contributed by atoms with E-state index in [4.69, 9.17) is 4.98 Å². The number of aryl methyl sites for hydroxylation is 1. The molecule has 3 aromatic rings. The van der Waals surface area contributed by atoms with Gasteiger partial charge in [-0.05, 0) is 80.0 Å². The van der Waals surface area contributed by atoms with Crippen LogP contribution in [-0.2, 0) is 9.59 Å². The highest BCUT2D eigenvalue weighted by Gasteiger charge is 2.61. The fourth-order valence-corrected chi connectivity index (χ4v) is 6.53. The van der Waals surface area contributed by atoms with E-state index >= 15 is 0 Å².